The van der Waals surface area contributed by atoms with Gasteiger partial charge in [0.05, 0.1) is 36.3 Å². The van der Waals surface area contributed by atoms with Crippen LogP contribution < -0.4 is 21.9 Å². The van der Waals surface area contributed by atoms with Crippen LogP contribution in [0.5, 0.6) is 0 Å². The molecule has 0 saturated carbocycles. The smallest absolute Gasteiger partial charge is 0.259 e. The van der Waals surface area contributed by atoms with E-state index in [-0.39, 0.29) is 5.56 Å². The molecule has 0 atom stereocenters. The van der Waals surface area contributed by atoms with Crippen molar-refractivity contribution in [2.24, 2.45) is 10.7 Å². The van der Waals surface area contributed by atoms with Crippen LogP contribution >= 0.6 is 0 Å². The molecule has 8 nitrogen and oxygen atoms in total. The van der Waals surface area contributed by atoms with Gasteiger partial charge in [0.25, 0.3) is 5.56 Å². The van der Waals surface area contributed by atoms with E-state index in [2.05, 4.69) is 51.2 Å². The highest BCUT2D eigenvalue weighted by atomic mass is 16.5. The molecule has 0 bridgehead atoms. The third-order valence-corrected chi connectivity index (χ3v) is 6.06. The second-order valence-corrected chi connectivity index (χ2v) is 8.38. The standard InChI is InChI=1S/C26H30N6O2/c1-16-12-20(4-5-21(16)18-6-9-28-10-7-18)31-25-24-19(8-11-30-26(24)33)13-23(32-25)22(27)15-29-14-17(2)34-3/h4-5,8,11-15,18,28H,2,6-7,9-10,27H2,1,3H3,(H,30,33)(H,31,32)/b22-15-,29-14?. The van der Waals surface area contributed by atoms with E-state index in [1.807, 2.05) is 12.1 Å². The number of pyridine rings is 2. The number of aliphatic imine (C=N–C) groups is 1. The zero-order chi connectivity index (χ0) is 24.1. The predicted molar refractivity (Wildman–Crippen MR) is 138 cm³/mol. The molecule has 1 aromatic carbocycles. The monoisotopic (exact) mass is 458 g/mol. The summed E-state index contributed by atoms with van der Waals surface area (Å²) in [5, 5.41) is 7.95. The van der Waals surface area contributed by atoms with Crippen LogP contribution in [-0.2, 0) is 4.74 Å². The van der Waals surface area contributed by atoms with Crippen molar-refractivity contribution in [2.45, 2.75) is 25.7 Å². The molecule has 2 aromatic heterocycles. The minimum atomic E-state index is -0.223. The topological polar surface area (TPSA) is 117 Å². The molecule has 0 aliphatic carbocycles. The first-order valence-electron chi connectivity index (χ1n) is 11.3. The van der Waals surface area contributed by atoms with E-state index in [1.165, 1.54) is 30.7 Å². The summed E-state index contributed by atoms with van der Waals surface area (Å²) in [4.78, 5) is 24.2. The SMILES string of the molecule is C=C(C=N/C=C(\N)c1cc2cc[nH]c(=O)c2c(Nc2ccc(C3CCNCC3)c(C)c2)n1)OC. The molecule has 1 fully saturated rings. The van der Waals surface area contributed by atoms with Crippen molar-refractivity contribution in [2.75, 3.05) is 25.5 Å². The Morgan fingerprint density at radius 1 is 1.29 bits per heavy atom. The molecule has 176 valence electrons. The fraction of sp³-hybridized carbons (Fsp3) is 0.269. The Hall–Kier alpha value is -3.91. The maximum Gasteiger partial charge on any atom is 0.259 e. The molecule has 1 saturated heterocycles. The number of fused-ring (bicyclic) bond motifs is 1. The summed E-state index contributed by atoms with van der Waals surface area (Å²) in [5.74, 6) is 1.41. The molecule has 34 heavy (non-hydrogen) atoms. The molecular formula is C26H30N6O2. The van der Waals surface area contributed by atoms with Crippen molar-refractivity contribution in [3.05, 3.63) is 82.2 Å². The Morgan fingerprint density at radius 2 is 2.09 bits per heavy atom. The first kappa shape index (κ1) is 23.3. The van der Waals surface area contributed by atoms with Crippen LogP contribution in [0.1, 0.15) is 35.6 Å². The Bertz CT molecular complexity index is 1320. The van der Waals surface area contributed by atoms with Gasteiger partial charge < -0.3 is 26.1 Å². The first-order chi connectivity index (χ1) is 16.5. The zero-order valence-electron chi connectivity index (χ0n) is 19.5. The quantitative estimate of drug-likeness (QED) is 0.315. The number of aromatic nitrogens is 2. The zero-order valence-corrected chi connectivity index (χ0v) is 19.5. The Morgan fingerprint density at radius 3 is 2.82 bits per heavy atom. The van der Waals surface area contributed by atoms with E-state index in [4.69, 9.17) is 10.5 Å². The minimum absolute atomic E-state index is 0.223. The number of nitrogens with zero attached hydrogens (tertiary/aromatic N) is 2. The van der Waals surface area contributed by atoms with Crippen LogP contribution in [0, 0.1) is 6.92 Å². The maximum atomic E-state index is 12.6. The van der Waals surface area contributed by atoms with E-state index in [0.717, 1.165) is 37.0 Å². The van der Waals surface area contributed by atoms with Crippen LogP contribution in [0.3, 0.4) is 0 Å². The van der Waals surface area contributed by atoms with Crippen molar-refractivity contribution >= 4 is 34.2 Å². The molecular weight excluding hydrogens is 428 g/mol. The number of aromatic amines is 1. The summed E-state index contributed by atoms with van der Waals surface area (Å²) in [5.41, 5.74) is 10.3. The fourth-order valence-electron chi connectivity index (χ4n) is 4.25. The van der Waals surface area contributed by atoms with Gasteiger partial charge in [-0.3, -0.25) is 9.79 Å². The number of hydrogen-bond donors (Lipinski definition) is 4. The number of allylic oxidation sites excluding steroid dienone is 1. The molecule has 5 N–H and O–H groups in total. The van der Waals surface area contributed by atoms with Crippen molar-refractivity contribution in [1.82, 2.24) is 15.3 Å². The Balaban J connectivity index is 1.69. The summed E-state index contributed by atoms with van der Waals surface area (Å²) in [6, 6.07) is 9.92. The molecule has 0 radical (unpaired) electrons. The molecule has 1 aliphatic rings. The molecule has 8 heteroatoms. The second kappa shape index (κ2) is 10.4. The third-order valence-electron chi connectivity index (χ3n) is 6.06. The molecule has 0 spiro atoms. The fourth-order valence-corrected chi connectivity index (χ4v) is 4.25. The van der Waals surface area contributed by atoms with Gasteiger partial charge in [-0.1, -0.05) is 12.6 Å². The molecule has 3 aromatic rings. The highest BCUT2D eigenvalue weighted by molar-refractivity contribution is 5.94. The van der Waals surface area contributed by atoms with Gasteiger partial charge >= 0.3 is 0 Å². The maximum absolute atomic E-state index is 12.6. The summed E-state index contributed by atoms with van der Waals surface area (Å²) < 4.78 is 4.97. The number of methoxy groups -OCH3 is 1. The number of anilines is 2. The van der Waals surface area contributed by atoms with Crippen LogP contribution in [-0.4, -0.2) is 36.4 Å². The van der Waals surface area contributed by atoms with Crippen LogP contribution in [0.4, 0.5) is 11.5 Å². The van der Waals surface area contributed by atoms with Crippen molar-refractivity contribution < 1.29 is 4.74 Å². The minimum Gasteiger partial charge on any atom is -0.496 e. The van der Waals surface area contributed by atoms with Crippen molar-refractivity contribution in [1.29, 1.82) is 0 Å². The summed E-state index contributed by atoms with van der Waals surface area (Å²) >= 11 is 0. The lowest BCUT2D eigenvalue weighted by atomic mass is 9.87. The summed E-state index contributed by atoms with van der Waals surface area (Å²) in [7, 11) is 1.52. The second-order valence-electron chi connectivity index (χ2n) is 8.38. The van der Waals surface area contributed by atoms with E-state index in [1.54, 1.807) is 12.3 Å². The number of piperidine rings is 1. The van der Waals surface area contributed by atoms with E-state index in [9.17, 15) is 4.79 Å². The number of hydrogen-bond acceptors (Lipinski definition) is 7. The average Bonchev–Trinajstić information content (AvgIpc) is 2.84. The summed E-state index contributed by atoms with van der Waals surface area (Å²) in [6.45, 7) is 7.92. The lowest BCUT2D eigenvalue weighted by molar-refractivity contribution is 0.319. The highest BCUT2D eigenvalue weighted by Gasteiger charge is 2.17. The highest BCUT2D eigenvalue weighted by Crippen LogP contribution is 2.31. The normalized spacial score (nSPS) is 15.1. The van der Waals surface area contributed by atoms with Gasteiger partial charge in [-0.2, -0.15) is 0 Å². The molecule has 1 aliphatic heterocycles. The largest absolute Gasteiger partial charge is 0.496 e. The number of benzene rings is 1. The number of nitrogens with one attached hydrogen (secondary N) is 3. The van der Waals surface area contributed by atoms with Gasteiger partial charge in [0, 0.05) is 11.9 Å². The number of aryl methyl sites for hydroxylation is 1. The summed E-state index contributed by atoms with van der Waals surface area (Å²) in [6.07, 6.45) is 6.83. The Kier molecular flexibility index (Phi) is 7.08. The van der Waals surface area contributed by atoms with Gasteiger partial charge in [-0.05, 0) is 79.6 Å². The van der Waals surface area contributed by atoms with Crippen LogP contribution in [0.25, 0.3) is 16.5 Å². The van der Waals surface area contributed by atoms with Gasteiger partial charge in [0.1, 0.15) is 11.6 Å². The van der Waals surface area contributed by atoms with E-state index < -0.39 is 0 Å². The lowest BCUT2D eigenvalue weighted by Crippen LogP contribution is -2.26. The van der Waals surface area contributed by atoms with Gasteiger partial charge in [0.15, 0.2) is 0 Å². The number of ether oxygens (including phenoxy) is 1. The molecule has 3 heterocycles. The number of rotatable bonds is 7. The third kappa shape index (κ3) is 5.18. The van der Waals surface area contributed by atoms with Gasteiger partial charge in [0.2, 0.25) is 0 Å². The lowest BCUT2D eigenvalue weighted by Gasteiger charge is -2.25. The van der Waals surface area contributed by atoms with E-state index >= 15 is 0 Å². The van der Waals surface area contributed by atoms with Crippen LogP contribution in [0.15, 0.2) is 64.9 Å². The number of H-pyrrole nitrogens is 1. The van der Waals surface area contributed by atoms with Gasteiger partial charge in [-0.15, -0.1) is 0 Å². The molecule has 4 rings (SSSR count). The first-order valence-corrected chi connectivity index (χ1v) is 11.3. The van der Waals surface area contributed by atoms with Crippen molar-refractivity contribution in [3.8, 4) is 0 Å². The Labute approximate surface area is 198 Å². The van der Waals surface area contributed by atoms with Gasteiger partial charge in [-0.25, -0.2) is 4.98 Å². The molecule has 0 unspecified atom stereocenters. The van der Waals surface area contributed by atoms with Crippen molar-refractivity contribution in [3.63, 3.8) is 0 Å². The number of nitrogens with two attached hydrogens (primary N) is 1. The van der Waals surface area contributed by atoms with Crippen LogP contribution in [0.2, 0.25) is 0 Å². The predicted octanol–water partition coefficient (Wildman–Crippen LogP) is 3.93. The molecule has 0 amide bonds. The average molecular weight is 459 g/mol. The van der Waals surface area contributed by atoms with E-state index in [0.29, 0.717) is 34.3 Å².